The molecule has 2 atom stereocenters. The van der Waals surface area contributed by atoms with Gasteiger partial charge in [-0.15, -0.1) is 0 Å². The molecule has 3 aromatic rings. The number of rotatable bonds is 5. The van der Waals surface area contributed by atoms with Crippen LogP contribution in [0.25, 0.3) is 16.7 Å². The Morgan fingerprint density at radius 1 is 1.03 bits per heavy atom. The predicted molar refractivity (Wildman–Crippen MR) is 129 cm³/mol. The number of carbonyl (C=O) groups excluding carboxylic acids is 1. The maximum atomic E-state index is 13.5. The van der Waals surface area contributed by atoms with Gasteiger partial charge < -0.3 is 9.64 Å². The number of para-hydroxylation sites is 2. The highest BCUT2D eigenvalue weighted by atomic mass is 16.5. The van der Waals surface area contributed by atoms with Gasteiger partial charge in [-0.05, 0) is 61.1 Å². The molecule has 33 heavy (non-hydrogen) atoms. The highest BCUT2D eigenvalue weighted by molar-refractivity contribution is 5.78. The summed E-state index contributed by atoms with van der Waals surface area (Å²) in [6.07, 6.45) is 6.98. The van der Waals surface area contributed by atoms with Crippen molar-refractivity contribution in [3.05, 3.63) is 64.6 Å². The molecule has 2 aliphatic rings. The average Bonchev–Trinajstić information content (AvgIpc) is 2.87. The van der Waals surface area contributed by atoms with Crippen molar-refractivity contribution in [2.45, 2.75) is 44.9 Å². The van der Waals surface area contributed by atoms with Gasteiger partial charge >= 0.3 is 0 Å². The highest BCUT2D eigenvalue weighted by Gasteiger charge is 2.32. The molecule has 0 spiro atoms. The van der Waals surface area contributed by atoms with Crippen LogP contribution in [0, 0.1) is 11.8 Å². The quantitative estimate of drug-likeness (QED) is 0.585. The zero-order chi connectivity index (χ0) is 22.8. The lowest BCUT2D eigenvalue weighted by molar-refractivity contribution is -0.134. The van der Waals surface area contributed by atoms with Gasteiger partial charge in [0.05, 0.1) is 18.1 Å². The van der Waals surface area contributed by atoms with Gasteiger partial charge in [-0.25, -0.2) is 4.98 Å². The topological polar surface area (TPSA) is 64.4 Å². The molecule has 2 aromatic carbocycles. The Labute approximate surface area is 194 Å². The summed E-state index contributed by atoms with van der Waals surface area (Å²) in [5.74, 6) is 2.33. The van der Waals surface area contributed by atoms with E-state index in [1.165, 1.54) is 25.7 Å². The molecular weight excluding hydrogens is 414 g/mol. The van der Waals surface area contributed by atoms with Crippen LogP contribution in [0.2, 0.25) is 0 Å². The van der Waals surface area contributed by atoms with Crippen LogP contribution in [-0.4, -0.2) is 40.6 Å². The van der Waals surface area contributed by atoms with Crippen LogP contribution >= 0.6 is 0 Å². The Kier molecular flexibility index (Phi) is 6.16. The van der Waals surface area contributed by atoms with Gasteiger partial charge in [-0.1, -0.05) is 31.4 Å². The molecule has 1 saturated heterocycles. The lowest BCUT2D eigenvalue weighted by Gasteiger charge is -2.41. The fourth-order valence-electron chi connectivity index (χ4n) is 5.54. The predicted octanol–water partition coefficient (Wildman–Crippen LogP) is 4.37. The van der Waals surface area contributed by atoms with Gasteiger partial charge in [0.15, 0.2) is 0 Å². The van der Waals surface area contributed by atoms with Crippen molar-refractivity contribution in [1.82, 2.24) is 14.5 Å². The van der Waals surface area contributed by atoms with Gasteiger partial charge in [-0.3, -0.25) is 14.2 Å². The van der Waals surface area contributed by atoms with Gasteiger partial charge in [0.25, 0.3) is 5.56 Å². The second-order valence-corrected chi connectivity index (χ2v) is 9.32. The molecule has 1 aliphatic heterocycles. The van der Waals surface area contributed by atoms with Gasteiger partial charge in [0.1, 0.15) is 11.4 Å². The van der Waals surface area contributed by atoms with Crippen LogP contribution in [0.1, 0.15) is 44.2 Å². The first-order chi connectivity index (χ1) is 16.1. The van der Waals surface area contributed by atoms with E-state index in [0.717, 1.165) is 47.9 Å². The summed E-state index contributed by atoms with van der Waals surface area (Å²) in [6.45, 7) is 1.73. The first-order valence-electron chi connectivity index (χ1n) is 12.1. The average molecular weight is 446 g/mol. The maximum Gasteiger partial charge on any atom is 0.277 e. The number of methoxy groups -OCH3 is 1. The Hall–Kier alpha value is -3.15. The molecule has 6 heteroatoms. The second kappa shape index (κ2) is 9.38. The summed E-state index contributed by atoms with van der Waals surface area (Å²) in [6, 6.07) is 15.1. The molecule has 2 heterocycles. The third-order valence-electron chi connectivity index (χ3n) is 7.38. The minimum atomic E-state index is -0.169. The maximum absolute atomic E-state index is 13.5. The molecule has 1 aliphatic carbocycles. The second-order valence-electron chi connectivity index (χ2n) is 9.32. The van der Waals surface area contributed by atoms with Crippen molar-refractivity contribution >= 4 is 16.9 Å². The molecular formula is C27H31N3O3. The van der Waals surface area contributed by atoms with E-state index in [1.807, 2.05) is 53.4 Å². The number of carbonyl (C=O) groups is 1. The third-order valence-corrected chi connectivity index (χ3v) is 7.38. The molecule has 5 rings (SSSR count). The SMILES string of the molecule is COc1ccc(-n2c(=O)c(CCC(=O)N3CC[C@H]4CCCC[C@@H]4C3)nc3ccccc32)cc1. The number of hydrogen-bond donors (Lipinski definition) is 0. The lowest BCUT2D eigenvalue weighted by atomic mass is 9.75. The molecule has 6 nitrogen and oxygen atoms in total. The Morgan fingerprint density at radius 2 is 1.79 bits per heavy atom. The number of ether oxygens (including phenoxy) is 1. The van der Waals surface area contributed by atoms with E-state index >= 15 is 0 Å². The lowest BCUT2D eigenvalue weighted by Crippen LogP contribution is -2.45. The van der Waals surface area contributed by atoms with E-state index in [0.29, 0.717) is 24.5 Å². The fraction of sp³-hybridized carbons (Fsp3) is 0.444. The zero-order valence-electron chi connectivity index (χ0n) is 19.2. The van der Waals surface area contributed by atoms with Crippen LogP contribution in [-0.2, 0) is 11.2 Å². The summed E-state index contributed by atoms with van der Waals surface area (Å²) < 4.78 is 6.95. The summed E-state index contributed by atoms with van der Waals surface area (Å²) >= 11 is 0. The van der Waals surface area contributed by atoms with Crippen molar-refractivity contribution in [2.75, 3.05) is 20.2 Å². The number of piperidine rings is 1. The number of aryl methyl sites for hydroxylation is 1. The number of aromatic nitrogens is 2. The van der Waals surface area contributed by atoms with Gasteiger partial charge in [0.2, 0.25) is 5.91 Å². The van der Waals surface area contributed by atoms with Gasteiger partial charge in [-0.2, -0.15) is 0 Å². The van der Waals surface area contributed by atoms with E-state index in [-0.39, 0.29) is 11.5 Å². The van der Waals surface area contributed by atoms with Gasteiger partial charge in [0, 0.05) is 31.6 Å². The van der Waals surface area contributed by atoms with Crippen molar-refractivity contribution in [3.63, 3.8) is 0 Å². The van der Waals surface area contributed by atoms with Crippen LogP contribution in [0.15, 0.2) is 53.3 Å². The zero-order valence-corrected chi connectivity index (χ0v) is 19.2. The summed E-state index contributed by atoms with van der Waals surface area (Å²) in [5.41, 5.74) is 2.52. The van der Waals surface area contributed by atoms with Crippen LogP contribution in [0.3, 0.4) is 0 Å². The van der Waals surface area contributed by atoms with Crippen LogP contribution < -0.4 is 10.3 Å². The summed E-state index contributed by atoms with van der Waals surface area (Å²) in [4.78, 5) is 33.2. The molecule has 0 radical (unpaired) electrons. The molecule has 0 N–H and O–H groups in total. The molecule has 172 valence electrons. The number of hydrogen-bond acceptors (Lipinski definition) is 4. The first kappa shape index (κ1) is 21.7. The molecule has 1 aromatic heterocycles. The summed E-state index contributed by atoms with van der Waals surface area (Å²) in [7, 11) is 1.62. The Morgan fingerprint density at radius 3 is 2.58 bits per heavy atom. The third kappa shape index (κ3) is 4.39. The van der Waals surface area contributed by atoms with E-state index in [1.54, 1.807) is 11.7 Å². The number of amides is 1. The highest BCUT2D eigenvalue weighted by Crippen LogP contribution is 2.36. The van der Waals surface area contributed by atoms with Crippen molar-refractivity contribution < 1.29 is 9.53 Å². The first-order valence-corrected chi connectivity index (χ1v) is 12.1. The van der Waals surface area contributed by atoms with Crippen LogP contribution in [0.5, 0.6) is 5.75 Å². The van der Waals surface area contributed by atoms with Crippen molar-refractivity contribution in [3.8, 4) is 11.4 Å². The van der Waals surface area contributed by atoms with E-state index in [2.05, 4.69) is 4.98 Å². The molecule has 1 saturated carbocycles. The largest absolute Gasteiger partial charge is 0.497 e. The number of benzene rings is 2. The normalized spacial score (nSPS) is 20.5. The minimum absolute atomic E-state index is 0.143. The van der Waals surface area contributed by atoms with Crippen molar-refractivity contribution in [2.24, 2.45) is 11.8 Å². The van der Waals surface area contributed by atoms with E-state index in [9.17, 15) is 9.59 Å². The summed E-state index contributed by atoms with van der Waals surface area (Å²) in [5, 5.41) is 0. The van der Waals surface area contributed by atoms with E-state index in [4.69, 9.17) is 4.74 Å². The number of fused-ring (bicyclic) bond motifs is 2. The Balaban J connectivity index is 1.38. The fourth-order valence-corrected chi connectivity index (χ4v) is 5.54. The number of likely N-dealkylation sites (tertiary alicyclic amines) is 1. The Bertz CT molecular complexity index is 1200. The van der Waals surface area contributed by atoms with Crippen LogP contribution in [0.4, 0.5) is 0 Å². The monoisotopic (exact) mass is 445 g/mol. The molecule has 2 fully saturated rings. The van der Waals surface area contributed by atoms with E-state index < -0.39 is 0 Å². The minimum Gasteiger partial charge on any atom is -0.497 e. The van der Waals surface area contributed by atoms with Crippen molar-refractivity contribution in [1.29, 1.82) is 0 Å². The smallest absolute Gasteiger partial charge is 0.277 e. The standard InChI is InChI=1S/C27H31N3O3/c1-33-22-12-10-21(11-13-22)30-25-9-5-4-8-23(25)28-24(27(30)32)14-15-26(31)29-17-16-19-6-2-3-7-20(19)18-29/h4-5,8-13,19-20H,2-3,6-7,14-18H2,1H3/t19-,20-/m1/s1. The number of nitrogens with zero attached hydrogens (tertiary/aromatic N) is 3. The molecule has 0 bridgehead atoms. The molecule has 1 amide bonds. The molecule has 0 unspecified atom stereocenters.